The number of benzene rings is 1. The third-order valence-electron chi connectivity index (χ3n) is 3.97. The highest BCUT2D eigenvalue weighted by atomic mass is 16.5. The lowest BCUT2D eigenvalue weighted by molar-refractivity contribution is -0.0619. The van der Waals surface area contributed by atoms with E-state index >= 15 is 0 Å². The van der Waals surface area contributed by atoms with Crippen LogP contribution in [0, 0.1) is 5.92 Å². The molecular formula is C16H25NO2. The van der Waals surface area contributed by atoms with Gasteiger partial charge in [0, 0.05) is 20.7 Å². The largest absolute Gasteiger partial charge is 0.497 e. The lowest BCUT2D eigenvalue weighted by Crippen LogP contribution is -2.43. The van der Waals surface area contributed by atoms with Crippen LogP contribution in [0.2, 0.25) is 0 Å². The molecule has 1 aromatic rings. The highest BCUT2D eigenvalue weighted by Crippen LogP contribution is 2.42. The van der Waals surface area contributed by atoms with Gasteiger partial charge in [-0.1, -0.05) is 25.0 Å². The summed E-state index contributed by atoms with van der Waals surface area (Å²) in [6.07, 6.45) is 2.74. The normalized spacial score (nSPS) is 34.2. The minimum atomic E-state index is -2.76. The Morgan fingerprint density at radius 2 is 2.42 bits per heavy atom. The van der Waals surface area contributed by atoms with E-state index in [1.165, 1.54) is 7.11 Å². The molecule has 2 atom stereocenters. The van der Waals surface area contributed by atoms with Crippen LogP contribution in [0.3, 0.4) is 0 Å². The molecule has 2 rings (SSSR count). The molecule has 0 saturated heterocycles. The molecule has 3 nitrogen and oxygen atoms in total. The molecule has 3 heteroatoms. The standard InChI is InChI=1S/C16H25NO2/c1-17(2)12-14-7-4-5-10-16(14,18)13-8-6-9-15(11-13)19-3/h6,8-9,11,14,18H,4-5,7,10,12H2,1-3H3/t14-,16+/m0/s1/i1D3,2D3,18D. The van der Waals surface area contributed by atoms with Gasteiger partial charge in [-0.15, -0.1) is 0 Å². The molecule has 1 fully saturated rings. The lowest BCUT2D eigenvalue weighted by atomic mass is 9.71. The van der Waals surface area contributed by atoms with Gasteiger partial charge in [0.1, 0.15) is 5.75 Å². The SMILES string of the molecule is [2H]O[C@@]1(c2cccc(OC)c2)CCCC[C@H]1CN(C([2H])([2H])[2H])C([2H])([2H])[2H]. The molecule has 0 bridgehead atoms. The van der Waals surface area contributed by atoms with Crippen LogP contribution in [0.15, 0.2) is 24.3 Å². The molecular weight excluding hydrogens is 238 g/mol. The monoisotopic (exact) mass is 270 g/mol. The number of hydrogen-bond acceptors (Lipinski definition) is 3. The second kappa shape index (κ2) is 5.93. The molecule has 1 saturated carbocycles. The van der Waals surface area contributed by atoms with Crippen LogP contribution in [0.1, 0.15) is 39.5 Å². The molecule has 0 unspecified atom stereocenters. The third kappa shape index (κ3) is 3.10. The molecule has 0 spiro atoms. The maximum Gasteiger partial charge on any atom is 0.211 e. The Labute approximate surface area is 126 Å². The van der Waals surface area contributed by atoms with Gasteiger partial charge in [-0.05, 0) is 44.5 Å². The van der Waals surface area contributed by atoms with Gasteiger partial charge < -0.3 is 14.7 Å². The van der Waals surface area contributed by atoms with E-state index in [4.69, 9.17) is 19.5 Å². The van der Waals surface area contributed by atoms with Gasteiger partial charge in [0.25, 0.3) is 0 Å². The molecule has 106 valence electrons. The number of nitrogens with zero attached hydrogens (tertiary/aromatic N) is 1. The van der Waals surface area contributed by atoms with Crippen molar-refractivity contribution in [1.29, 1.82) is 1.43 Å². The van der Waals surface area contributed by atoms with E-state index in [1.807, 2.05) is 6.07 Å². The molecule has 1 N–H and O–H groups in total. The van der Waals surface area contributed by atoms with E-state index in [2.05, 4.69) is 0 Å². The van der Waals surface area contributed by atoms with Crippen molar-refractivity contribution in [2.75, 3.05) is 27.6 Å². The molecule has 19 heavy (non-hydrogen) atoms. The van der Waals surface area contributed by atoms with Gasteiger partial charge in [0.2, 0.25) is 1.43 Å². The van der Waals surface area contributed by atoms with Crippen molar-refractivity contribution in [3.8, 4) is 5.75 Å². The van der Waals surface area contributed by atoms with Crippen LogP contribution >= 0.6 is 0 Å². The lowest BCUT2D eigenvalue weighted by Gasteiger charge is -2.41. The van der Waals surface area contributed by atoms with Crippen molar-refractivity contribution in [2.45, 2.75) is 31.3 Å². The van der Waals surface area contributed by atoms with Crippen LogP contribution < -0.4 is 4.74 Å². The summed E-state index contributed by atoms with van der Waals surface area (Å²) in [7, 11) is 1.54. The third-order valence-corrected chi connectivity index (χ3v) is 3.97. The topological polar surface area (TPSA) is 32.7 Å². The summed E-state index contributed by atoms with van der Waals surface area (Å²) >= 11 is 0. The summed E-state index contributed by atoms with van der Waals surface area (Å²) in [5.74, 6) is 0.161. The second-order valence-electron chi connectivity index (χ2n) is 5.17. The zero-order chi connectivity index (χ0) is 19.6. The van der Waals surface area contributed by atoms with Gasteiger partial charge in [-0.2, -0.15) is 0 Å². The average Bonchev–Trinajstić information content (AvgIpc) is 2.58. The van der Waals surface area contributed by atoms with E-state index in [0.29, 0.717) is 29.1 Å². The molecule has 1 aliphatic carbocycles. The Morgan fingerprint density at radius 3 is 3.16 bits per heavy atom. The fraction of sp³-hybridized carbons (Fsp3) is 0.625. The van der Waals surface area contributed by atoms with Gasteiger partial charge >= 0.3 is 0 Å². The van der Waals surface area contributed by atoms with Gasteiger partial charge in [-0.25, -0.2) is 0 Å². The number of rotatable bonds is 5. The van der Waals surface area contributed by atoms with Crippen molar-refractivity contribution >= 4 is 0 Å². The minimum Gasteiger partial charge on any atom is -0.497 e. The minimum absolute atomic E-state index is 0.205. The Kier molecular flexibility index (Phi) is 2.39. The van der Waals surface area contributed by atoms with Crippen LogP contribution in [0.5, 0.6) is 5.75 Å². The average molecular weight is 270 g/mol. The number of hydrogen-bond donors (Lipinski definition) is 1. The molecule has 0 heterocycles. The van der Waals surface area contributed by atoms with Crippen molar-refractivity contribution in [3.05, 3.63) is 29.8 Å². The molecule has 0 radical (unpaired) electrons. The molecule has 1 aromatic carbocycles. The van der Waals surface area contributed by atoms with Gasteiger partial charge in [0.05, 0.1) is 12.7 Å². The van der Waals surface area contributed by atoms with Crippen molar-refractivity contribution in [3.63, 3.8) is 0 Å². The van der Waals surface area contributed by atoms with E-state index < -0.39 is 25.5 Å². The zero-order valence-corrected chi connectivity index (χ0v) is 11.2. The first-order valence-electron chi connectivity index (χ1n) is 10.0. The van der Waals surface area contributed by atoms with Gasteiger partial charge in [0.15, 0.2) is 0 Å². The highest BCUT2D eigenvalue weighted by Gasteiger charge is 2.40. The summed E-state index contributed by atoms with van der Waals surface area (Å²) in [5.41, 5.74) is -0.366. The maximum atomic E-state index is 7.76. The summed E-state index contributed by atoms with van der Waals surface area (Å²) < 4.78 is 58.7. The fourth-order valence-electron chi connectivity index (χ4n) is 2.94. The van der Waals surface area contributed by atoms with E-state index in [0.717, 1.165) is 12.8 Å². The Bertz CT molecular complexity index is 591. The van der Waals surface area contributed by atoms with E-state index in [-0.39, 0.29) is 6.54 Å². The fourth-order valence-corrected chi connectivity index (χ4v) is 2.94. The van der Waals surface area contributed by atoms with Crippen LogP contribution in [-0.2, 0) is 5.60 Å². The first kappa shape index (κ1) is 7.65. The molecule has 0 amide bonds. The predicted octanol–water partition coefficient (Wildman–Crippen LogP) is 2.63. The number of aliphatic hydroxyl groups is 1. The smallest absolute Gasteiger partial charge is 0.211 e. The van der Waals surface area contributed by atoms with Crippen LogP contribution in [0.4, 0.5) is 0 Å². The van der Waals surface area contributed by atoms with Crippen molar-refractivity contribution in [1.82, 2.24) is 4.90 Å². The first-order chi connectivity index (χ1) is 12.0. The number of methoxy groups -OCH3 is 1. The Morgan fingerprint density at radius 1 is 1.53 bits per heavy atom. The zero-order valence-electron chi connectivity index (χ0n) is 18.2. The summed E-state index contributed by atoms with van der Waals surface area (Å²) in [5, 5.41) is 5.20. The summed E-state index contributed by atoms with van der Waals surface area (Å²) in [6.45, 7) is -5.72. The van der Waals surface area contributed by atoms with Gasteiger partial charge in [-0.3, -0.25) is 0 Å². The first-order valence-corrected chi connectivity index (χ1v) is 6.61. The number of ether oxygens (including phenoxy) is 1. The predicted molar refractivity (Wildman–Crippen MR) is 77.4 cm³/mol. The van der Waals surface area contributed by atoms with Crippen molar-refractivity contribution < 1.29 is 18.1 Å². The van der Waals surface area contributed by atoms with E-state index in [9.17, 15) is 0 Å². The van der Waals surface area contributed by atoms with E-state index in [1.54, 1.807) is 18.2 Å². The molecule has 0 aliphatic heterocycles. The summed E-state index contributed by atoms with van der Waals surface area (Å²) in [4.78, 5) is 0.559. The Balaban J connectivity index is 2.43. The molecule has 0 aromatic heterocycles. The maximum absolute atomic E-state index is 7.76. The quantitative estimate of drug-likeness (QED) is 0.893. The summed E-state index contributed by atoms with van der Waals surface area (Å²) in [6, 6.07) is 7.13. The second-order valence-corrected chi connectivity index (χ2v) is 5.17. The van der Waals surface area contributed by atoms with Crippen molar-refractivity contribution in [2.24, 2.45) is 5.92 Å². The van der Waals surface area contributed by atoms with Crippen LogP contribution in [0.25, 0.3) is 0 Å². The molecule has 1 aliphatic rings. The highest BCUT2D eigenvalue weighted by molar-refractivity contribution is 5.33. The van der Waals surface area contributed by atoms with Crippen LogP contribution in [-0.4, -0.2) is 39.0 Å². The Hall–Kier alpha value is -1.06.